The van der Waals surface area contributed by atoms with Crippen LogP contribution < -0.4 is 10.5 Å². The van der Waals surface area contributed by atoms with Crippen molar-refractivity contribution in [3.8, 4) is 0 Å². The van der Waals surface area contributed by atoms with Crippen LogP contribution in [0.1, 0.15) is 5.82 Å². The van der Waals surface area contributed by atoms with Gasteiger partial charge in [-0.25, -0.2) is 13.1 Å². The third kappa shape index (κ3) is 2.86. The van der Waals surface area contributed by atoms with Gasteiger partial charge in [0.05, 0.1) is 11.5 Å². The third-order valence-corrected chi connectivity index (χ3v) is 3.73. The van der Waals surface area contributed by atoms with Crippen molar-refractivity contribution in [1.82, 2.24) is 25.3 Å². The number of nitrogens with one attached hydrogen (secondary N) is 2. The molecule has 0 saturated carbocycles. The fraction of sp³-hybridized carbons (Fsp3) is 0.125. The van der Waals surface area contributed by atoms with E-state index < -0.39 is 25.5 Å². The lowest BCUT2D eigenvalue weighted by Crippen LogP contribution is -2.24. The number of tetrazole rings is 1. The molecule has 0 aliphatic heterocycles. The quantitative estimate of drug-likeness (QED) is 0.364. The highest BCUT2D eigenvalue weighted by atomic mass is 32.2. The van der Waals surface area contributed by atoms with Crippen molar-refractivity contribution in [1.29, 1.82) is 0 Å². The van der Waals surface area contributed by atoms with Gasteiger partial charge in [-0.05, 0) is 12.1 Å². The van der Waals surface area contributed by atoms with E-state index in [0.717, 1.165) is 12.1 Å². The van der Waals surface area contributed by atoms with Crippen molar-refractivity contribution in [2.75, 3.05) is 5.73 Å². The Hall–Kier alpha value is -2.60. The van der Waals surface area contributed by atoms with E-state index >= 15 is 0 Å². The fourth-order valence-electron chi connectivity index (χ4n) is 1.40. The summed E-state index contributed by atoms with van der Waals surface area (Å²) in [5.41, 5.74) is 4.89. The molecule has 4 N–H and O–H groups in total. The van der Waals surface area contributed by atoms with E-state index in [1.54, 1.807) is 0 Å². The normalized spacial score (nSPS) is 11.4. The Bertz CT molecular complexity index is 727. The molecule has 0 aliphatic carbocycles. The number of aromatic amines is 1. The van der Waals surface area contributed by atoms with Gasteiger partial charge in [-0.2, -0.15) is 5.21 Å². The minimum absolute atomic E-state index is 0.0915. The number of nitrogen functional groups attached to an aromatic ring is 1. The Balaban J connectivity index is 2.31. The largest absolute Gasteiger partial charge is 0.399 e. The maximum atomic E-state index is 12.0. The molecular weight excluding hydrogens is 290 g/mol. The van der Waals surface area contributed by atoms with E-state index in [4.69, 9.17) is 5.73 Å². The van der Waals surface area contributed by atoms with Crippen molar-refractivity contribution >= 4 is 21.4 Å². The second-order valence-corrected chi connectivity index (χ2v) is 5.37. The summed E-state index contributed by atoms with van der Waals surface area (Å²) in [4.78, 5) is 9.57. The molecule has 11 nitrogen and oxygen atoms in total. The van der Waals surface area contributed by atoms with Gasteiger partial charge in [0.1, 0.15) is 0 Å². The van der Waals surface area contributed by atoms with Crippen LogP contribution in [-0.2, 0) is 16.6 Å². The van der Waals surface area contributed by atoms with E-state index in [1.807, 2.05) is 0 Å². The van der Waals surface area contributed by atoms with Gasteiger partial charge in [0, 0.05) is 11.8 Å². The van der Waals surface area contributed by atoms with Crippen LogP contribution >= 0.6 is 0 Å². The van der Waals surface area contributed by atoms with Gasteiger partial charge in [0.15, 0.2) is 10.7 Å². The highest BCUT2D eigenvalue weighted by Gasteiger charge is 2.26. The predicted octanol–water partition coefficient (Wildman–Crippen LogP) is -0.831. The van der Waals surface area contributed by atoms with Crippen molar-refractivity contribution in [3.05, 3.63) is 34.1 Å². The maximum Gasteiger partial charge on any atom is 0.291 e. The zero-order chi connectivity index (χ0) is 14.8. The van der Waals surface area contributed by atoms with E-state index in [0.29, 0.717) is 0 Å². The molecule has 0 aliphatic rings. The van der Waals surface area contributed by atoms with Crippen molar-refractivity contribution in [2.24, 2.45) is 0 Å². The minimum atomic E-state index is -4.10. The zero-order valence-corrected chi connectivity index (χ0v) is 10.7. The van der Waals surface area contributed by atoms with Gasteiger partial charge in [0.2, 0.25) is 10.0 Å². The highest BCUT2D eigenvalue weighted by Crippen LogP contribution is 2.25. The number of anilines is 1. The predicted molar refractivity (Wildman–Crippen MR) is 65.7 cm³/mol. The zero-order valence-electron chi connectivity index (χ0n) is 9.85. The number of aromatic nitrogens is 4. The molecule has 0 amide bonds. The maximum absolute atomic E-state index is 12.0. The first-order chi connectivity index (χ1) is 9.40. The van der Waals surface area contributed by atoms with E-state index in [2.05, 4.69) is 25.3 Å². The monoisotopic (exact) mass is 299 g/mol. The van der Waals surface area contributed by atoms with Crippen LogP contribution in [0.2, 0.25) is 0 Å². The second-order valence-electron chi connectivity index (χ2n) is 3.64. The van der Waals surface area contributed by atoms with Crippen LogP contribution in [0.5, 0.6) is 0 Å². The van der Waals surface area contributed by atoms with Gasteiger partial charge < -0.3 is 5.73 Å². The molecule has 0 bridgehead atoms. The molecule has 20 heavy (non-hydrogen) atoms. The Labute approximate surface area is 112 Å². The molecule has 1 heterocycles. The molecular formula is C8H9N7O4S. The second kappa shape index (κ2) is 5.18. The van der Waals surface area contributed by atoms with Gasteiger partial charge in [-0.3, -0.25) is 10.1 Å². The average Bonchev–Trinajstić information content (AvgIpc) is 2.89. The molecule has 2 rings (SSSR count). The number of sulfonamides is 1. The van der Waals surface area contributed by atoms with Crippen LogP contribution in [0.3, 0.4) is 0 Å². The number of hydrogen-bond donors (Lipinski definition) is 3. The van der Waals surface area contributed by atoms with E-state index in [-0.39, 0.29) is 18.1 Å². The highest BCUT2D eigenvalue weighted by molar-refractivity contribution is 7.89. The summed E-state index contributed by atoms with van der Waals surface area (Å²) in [6.07, 6.45) is 0. The number of hydrogen-bond acceptors (Lipinski definition) is 8. The van der Waals surface area contributed by atoms with Crippen LogP contribution in [0, 0.1) is 10.1 Å². The summed E-state index contributed by atoms with van der Waals surface area (Å²) >= 11 is 0. The third-order valence-electron chi connectivity index (χ3n) is 2.28. The number of nitro benzene ring substituents is 1. The molecule has 106 valence electrons. The lowest BCUT2D eigenvalue weighted by atomic mass is 10.3. The lowest BCUT2D eigenvalue weighted by Gasteiger charge is -2.06. The number of benzene rings is 1. The summed E-state index contributed by atoms with van der Waals surface area (Å²) in [5.74, 6) is 0.103. The first-order valence-electron chi connectivity index (χ1n) is 5.16. The summed E-state index contributed by atoms with van der Waals surface area (Å²) in [7, 11) is -4.10. The number of nitro groups is 1. The lowest BCUT2D eigenvalue weighted by molar-refractivity contribution is -0.387. The molecule has 0 saturated heterocycles. The average molecular weight is 299 g/mol. The van der Waals surface area contributed by atoms with Gasteiger partial charge in [-0.1, -0.05) is 5.21 Å². The molecule has 1 aromatic carbocycles. The number of H-pyrrole nitrogens is 1. The minimum Gasteiger partial charge on any atom is -0.399 e. The van der Waals surface area contributed by atoms with Crippen LogP contribution in [0.25, 0.3) is 0 Å². The number of nitrogens with zero attached hydrogens (tertiary/aromatic N) is 4. The van der Waals surface area contributed by atoms with Crippen LogP contribution in [-0.4, -0.2) is 34.0 Å². The summed E-state index contributed by atoms with van der Waals surface area (Å²) in [6, 6.07) is 3.30. The SMILES string of the molecule is Nc1ccc(S(=O)(=O)NCc2nn[nH]n2)c([N+](=O)[O-])c1. The molecule has 0 atom stereocenters. The summed E-state index contributed by atoms with van der Waals surface area (Å²) in [6.45, 7) is -0.250. The molecule has 1 aromatic heterocycles. The van der Waals surface area contributed by atoms with Crippen molar-refractivity contribution in [3.63, 3.8) is 0 Å². The smallest absolute Gasteiger partial charge is 0.291 e. The van der Waals surface area contributed by atoms with Crippen LogP contribution in [0.4, 0.5) is 11.4 Å². The number of nitrogens with two attached hydrogens (primary N) is 1. The molecule has 12 heteroatoms. The topological polar surface area (TPSA) is 170 Å². The Morgan fingerprint density at radius 1 is 1.45 bits per heavy atom. The molecule has 0 fully saturated rings. The Morgan fingerprint density at radius 3 is 2.80 bits per heavy atom. The molecule has 0 radical (unpaired) electrons. The Morgan fingerprint density at radius 2 is 2.20 bits per heavy atom. The Kier molecular flexibility index (Phi) is 3.58. The van der Waals surface area contributed by atoms with Gasteiger partial charge in [-0.15, -0.1) is 10.2 Å². The van der Waals surface area contributed by atoms with E-state index in [9.17, 15) is 18.5 Å². The van der Waals surface area contributed by atoms with Gasteiger partial charge in [0.25, 0.3) is 5.69 Å². The first kappa shape index (κ1) is 13.8. The fourth-order valence-corrected chi connectivity index (χ4v) is 2.53. The molecule has 0 unspecified atom stereocenters. The molecule has 2 aromatic rings. The first-order valence-corrected chi connectivity index (χ1v) is 6.64. The van der Waals surface area contributed by atoms with Gasteiger partial charge >= 0.3 is 0 Å². The van der Waals surface area contributed by atoms with E-state index in [1.165, 1.54) is 6.07 Å². The standard InChI is InChI=1S/C8H9N7O4S/c9-5-1-2-7(6(3-5)15(16)17)20(18,19)10-4-8-11-13-14-12-8/h1-3,10H,4,9H2,(H,11,12,13,14). The summed E-state index contributed by atoms with van der Waals surface area (Å²) in [5, 5.41) is 23.4. The van der Waals surface area contributed by atoms with Crippen molar-refractivity contribution in [2.45, 2.75) is 11.4 Å². The van der Waals surface area contributed by atoms with Crippen LogP contribution in [0.15, 0.2) is 23.1 Å². The molecule has 0 spiro atoms. The summed E-state index contributed by atoms with van der Waals surface area (Å²) < 4.78 is 26.2. The number of rotatable bonds is 5. The van der Waals surface area contributed by atoms with Crippen molar-refractivity contribution < 1.29 is 13.3 Å².